The molecule has 1 aliphatic rings. The highest BCUT2D eigenvalue weighted by Gasteiger charge is 2.37. The van der Waals surface area contributed by atoms with Gasteiger partial charge >= 0.3 is 11.9 Å². The second kappa shape index (κ2) is 27.9. The zero-order chi connectivity index (χ0) is 54.0. The lowest BCUT2D eigenvalue weighted by atomic mass is 9.94. The van der Waals surface area contributed by atoms with E-state index in [-0.39, 0.29) is 36.5 Å². The van der Waals surface area contributed by atoms with Crippen LogP contribution in [0.15, 0.2) is 90.7 Å². The summed E-state index contributed by atoms with van der Waals surface area (Å²) in [6.07, 6.45) is 4.40. The van der Waals surface area contributed by atoms with Crippen molar-refractivity contribution in [3.8, 4) is 5.75 Å². The predicted octanol–water partition coefficient (Wildman–Crippen LogP) is 2.51. The van der Waals surface area contributed by atoms with Crippen molar-refractivity contribution in [2.24, 2.45) is 23.7 Å². The van der Waals surface area contributed by atoms with Crippen molar-refractivity contribution in [2.75, 3.05) is 14.2 Å². The molecule has 20 heteroatoms. The van der Waals surface area contributed by atoms with Crippen LogP contribution in [-0.2, 0) is 60.7 Å². The zero-order valence-electron chi connectivity index (χ0n) is 42.4. The number of allylic oxidation sites excluding steroid dienone is 2. The Kier molecular flexibility index (Phi) is 22.8. The van der Waals surface area contributed by atoms with Crippen LogP contribution in [0.2, 0.25) is 0 Å². The number of benzene rings is 2. The number of carbonyl (C=O) groups is 9. The number of carbonyl (C=O) groups excluding carboxylic acids is 7. The molecule has 10 atom stereocenters. The maximum Gasteiger partial charge on any atom is 0.327 e. The molecular formula is C52H71N7O13. The minimum absolute atomic E-state index is 0.00296. The monoisotopic (exact) mass is 1000 g/mol. The molecule has 20 nitrogen and oxygen atoms in total. The van der Waals surface area contributed by atoms with Crippen LogP contribution in [0.1, 0.15) is 78.9 Å². The van der Waals surface area contributed by atoms with E-state index in [0.29, 0.717) is 17.6 Å². The fourth-order valence-electron chi connectivity index (χ4n) is 7.76. The third kappa shape index (κ3) is 18.1. The van der Waals surface area contributed by atoms with Gasteiger partial charge in [0.05, 0.1) is 24.0 Å². The number of hydrogen-bond donors (Lipinski definition) is 9. The molecule has 72 heavy (non-hydrogen) atoms. The number of phenols is 1. The highest BCUT2D eigenvalue weighted by Crippen LogP contribution is 2.19. The number of amides is 7. The van der Waals surface area contributed by atoms with Crippen LogP contribution in [0.5, 0.6) is 5.75 Å². The van der Waals surface area contributed by atoms with E-state index in [4.69, 9.17) is 4.74 Å². The van der Waals surface area contributed by atoms with Gasteiger partial charge < -0.3 is 56.9 Å². The summed E-state index contributed by atoms with van der Waals surface area (Å²) >= 11 is 0. The van der Waals surface area contributed by atoms with Crippen molar-refractivity contribution >= 4 is 53.3 Å². The molecule has 1 saturated heterocycles. The second-order valence-electron chi connectivity index (χ2n) is 18.7. The van der Waals surface area contributed by atoms with Gasteiger partial charge in [-0.25, -0.2) is 9.59 Å². The molecule has 9 N–H and O–H groups in total. The molecule has 392 valence electrons. The number of methoxy groups -OCH3 is 1. The van der Waals surface area contributed by atoms with Gasteiger partial charge in [0.25, 0.3) is 5.91 Å². The number of carboxylic acids is 2. The Morgan fingerprint density at radius 2 is 1.36 bits per heavy atom. The van der Waals surface area contributed by atoms with E-state index in [2.05, 4.69) is 38.5 Å². The quantitative estimate of drug-likeness (QED) is 0.103. The molecule has 0 spiro atoms. The molecule has 0 radical (unpaired) electrons. The number of aliphatic carboxylic acids is 2. The Hall–Kier alpha value is -7.35. The summed E-state index contributed by atoms with van der Waals surface area (Å²) in [6.45, 7) is 14.9. The first kappa shape index (κ1) is 59.0. The Morgan fingerprint density at radius 3 is 1.94 bits per heavy atom. The Labute approximate surface area is 420 Å². The highest BCUT2D eigenvalue weighted by atomic mass is 16.5. The molecule has 1 aliphatic heterocycles. The number of phenolic OH excluding ortho intramolecular Hbond substituents is 1. The molecule has 7 amide bonds. The molecule has 0 saturated carbocycles. The van der Waals surface area contributed by atoms with Crippen molar-refractivity contribution in [3.05, 3.63) is 102 Å². The smallest absolute Gasteiger partial charge is 0.327 e. The average molecular weight is 1000 g/mol. The molecule has 0 unspecified atom stereocenters. The predicted molar refractivity (Wildman–Crippen MR) is 266 cm³/mol. The number of carboxylic acid groups (broad SMARTS) is 2. The van der Waals surface area contributed by atoms with Gasteiger partial charge in [-0.05, 0) is 62.3 Å². The molecule has 0 bridgehead atoms. The zero-order valence-corrected chi connectivity index (χ0v) is 42.4. The van der Waals surface area contributed by atoms with Gasteiger partial charge in [0.2, 0.25) is 35.4 Å². The van der Waals surface area contributed by atoms with E-state index in [0.717, 1.165) is 10.5 Å². The van der Waals surface area contributed by atoms with Gasteiger partial charge in [0, 0.05) is 32.9 Å². The molecule has 0 aliphatic carbocycles. The van der Waals surface area contributed by atoms with Crippen LogP contribution in [-0.4, -0.2) is 130 Å². The Morgan fingerprint density at radius 1 is 0.764 bits per heavy atom. The minimum atomic E-state index is -1.89. The Balaban J connectivity index is 2.15. The van der Waals surface area contributed by atoms with Crippen LogP contribution < -0.4 is 31.9 Å². The Bertz CT molecular complexity index is 2340. The van der Waals surface area contributed by atoms with E-state index in [1.54, 1.807) is 34.0 Å². The van der Waals surface area contributed by atoms with Gasteiger partial charge in [-0.3, -0.25) is 33.6 Å². The molecule has 2 aromatic rings. The summed E-state index contributed by atoms with van der Waals surface area (Å²) in [5.41, 5.74) is 1.81. The van der Waals surface area contributed by atoms with Crippen LogP contribution in [0.25, 0.3) is 0 Å². The van der Waals surface area contributed by atoms with E-state index < -0.39 is 120 Å². The largest absolute Gasteiger partial charge is 0.508 e. The van der Waals surface area contributed by atoms with Crippen LogP contribution in [0, 0.1) is 23.7 Å². The second-order valence-corrected chi connectivity index (χ2v) is 18.7. The van der Waals surface area contributed by atoms with E-state index in [1.807, 2.05) is 43.3 Å². The highest BCUT2D eigenvalue weighted by molar-refractivity contribution is 6.00. The van der Waals surface area contributed by atoms with Crippen molar-refractivity contribution in [1.29, 1.82) is 0 Å². The number of hydrogen-bond acceptors (Lipinski definition) is 11. The van der Waals surface area contributed by atoms with E-state index in [1.165, 1.54) is 58.2 Å². The molecule has 2 aromatic carbocycles. The van der Waals surface area contributed by atoms with Gasteiger partial charge in [-0.15, -0.1) is 0 Å². The number of nitrogens with one attached hydrogen (secondary N) is 6. The number of aromatic hydroxyl groups is 1. The molecule has 0 aromatic heterocycles. The van der Waals surface area contributed by atoms with Gasteiger partial charge in [-0.2, -0.15) is 0 Å². The first-order chi connectivity index (χ1) is 33.8. The lowest BCUT2D eigenvalue weighted by molar-refractivity contribution is -0.146. The maximum atomic E-state index is 14.5. The van der Waals surface area contributed by atoms with Crippen molar-refractivity contribution in [2.45, 2.75) is 123 Å². The van der Waals surface area contributed by atoms with E-state index in [9.17, 15) is 58.5 Å². The topological polar surface area (TPSA) is 299 Å². The lowest BCUT2D eigenvalue weighted by Crippen LogP contribution is -2.59. The number of nitrogens with zero attached hydrogens (tertiary/aromatic N) is 1. The molecule has 1 heterocycles. The van der Waals surface area contributed by atoms with Crippen LogP contribution in [0.3, 0.4) is 0 Å². The van der Waals surface area contributed by atoms with Crippen LogP contribution >= 0.6 is 0 Å². The number of likely N-dealkylation sites (N-methyl/N-ethyl adjacent to an activating group) is 1. The molecule has 1 fully saturated rings. The third-order valence-electron chi connectivity index (χ3n) is 12.4. The first-order valence-corrected chi connectivity index (χ1v) is 23.8. The number of rotatable bonds is 13. The standard InChI is InChI=1S/C52H71N7O13/c1-28(2)24-40-50(67)58-44(52(70)71)32(6)46(63)56-41(26-36-17-19-37(60)20-18-36)49(66)54-38(21-16-29(3)25-30(4)42(72-10)27-35-14-12-11-13-15-35)31(5)45(62)55-39(51(68)69)22-23-43(61)59(9)34(8)48(65)53-33(7)47(64)57-40/h11-21,25,28,30-33,38-42,44,60H,8,22-24,26-27H2,1-7,9-10H3,(H,53,65)(H,54,66)(H,55,62)(H,56,63)(H,57,64)(H,58,67)(H,68,69)(H,70,71)/b21-16+,29-25+/t30-,31-,32-,33+,38-,39+,40-,41-,42-,44+/m0/s1. The summed E-state index contributed by atoms with van der Waals surface area (Å²) < 4.78 is 5.82. The fraction of sp³-hybridized carbons (Fsp3) is 0.481. The van der Waals surface area contributed by atoms with E-state index >= 15 is 0 Å². The SMILES string of the molecule is C=C1C(=O)N[C@H](C)C(=O)N[C@@H](CC(C)C)C(=O)N[C@@H](C(=O)O)[C@H](C)C(=O)N[C@@H](Cc2ccc(O)cc2)C(=O)N[C@@H](/C=C/C(C)=C/[C@H](C)[C@H](Cc2ccccc2)OC)[C@H](C)C(=O)N[C@@H](C(=O)O)CCC(=O)N1C. The minimum Gasteiger partial charge on any atom is -0.508 e. The summed E-state index contributed by atoms with van der Waals surface area (Å²) in [5.74, 6) is -12.5. The summed E-state index contributed by atoms with van der Waals surface area (Å²) in [6, 6.07) is 6.61. The molecule has 3 rings (SSSR count). The summed E-state index contributed by atoms with van der Waals surface area (Å²) in [5, 5.41) is 45.6. The third-order valence-corrected chi connectivity index (χ3v) is 12.4. The summed E-state index contributed by atoms with van der Waals surface area (Å²) in [4.78, 5) is 123. The summed E-state index contributed by atoms with van der Waals surface area (Å²) in [7, 11) is 2.82. The maximum absolute atomic E-state index is 14.5. The number of ether oxygens (including phenoxy) is 1. The van der Waals surface area contributed by atoms with Gasteiger partial charge in [0.15, 0.2) is 0 Å². The van der Waals surface area contributed by atoms with Crippen molar-refractivity contribution < 1.29 is 63.2 Å². The lowest BCUT2D eigenvalue weighted by Gasteiger charge is -2.29. The van der Waals surface area contributed by atoms with Crippen molar-refractivity contribution in [3.63, 3.8) is 0 Å². The fourth-order valence-corrected chi connectivity index (χ4v) is 7.76. The normalized spacial score (nSPS) is 25.2. The van der Waals surface area contributed by atoms with Crippen molar-refractivity contribution in [1.82, 2.24) is 36.8 Å². The molecular weight excluding hydrogens is 931 g/mol. The van der Waals surface area contributed by atoms with Gasteiger partial charge in [0.1, 0.15) is 41.7 Å². The average Bonchev–Trinajstić information content (AvgIpc) is 3.33. The first-order valence-electron chi connectivity index (χ1n) is 23.8. The van der Waals surface area contributed by atoms with Crippen LogP contribution in [0.4, 0.5) is 0 Å². The van der Waals surface area contributed by atoms with Gasteiger partial charge in [-0.1, -0.05) is 107 Å².